The summed E-state index contributed by atoms with van der Waals surface area (Å²) in [4.78, 5) is 5.94. The van der Waals surface area contributed by atoms with Crippen molar-refractivity contribution in [3.05, 3.63) is 32.7 Å². The maximum absolute atomic E-state index is 4.63. The third-order valence-corrected chi connectivity index (χ3v) is 5.60. The van der Waals surface area contributed by atoms with E-state index in [9.17, 15) is 0 Å². The van der Waals surface area contributed by atoms with Crippen LogP contribution in [-0.2, 0) is 6.54 Å². The Bertz CT molecular complexity index is 555. The monoisotopic (exact) mass is 339 g/mol. The Morgan fingerprint density at radius 1 is 1.47 bits per heavy atom. The standard InChI is InChI=1S/C14H18BrN3S/c1-10-9-18(11-4-2-3-5-11)14(17-10)16-8-13-12(15)6-7-19-13/h6-7,9,11H,2-5,8H2,1H3,(H,16,17). The van der Waals surface area contributed by atoms with Crippen LogP contribution in [0.4, 0.5) is 5.95 Å². The summed E-state index contributed by atoms with van der Waals surface area (Å²) in [6.07, 6.45) is 7.44. The Hall–Kier alpha value is -0.810. The zero-order valence-corrected chi connectivity index (χ0v) is 13.4. The summed E-state index contributed by atoms with van der Waals surface area (Å²) < 4.78 is 3.52. The van der Waals surface area contributed by atoms with E-state index in [4.69, 9.17) is 0 Å². The van der Waals surface area contributed by atoms with Gasteiger partial charge in [0.15, 0.2) is 0 Å². The van der Waals surface area contributed by atoms with Gasteiger partial charge in [-0.15, -0.1) is 11.3 Å². The molecule has 2 aromatic rings. The molecule has 0 spiro atoms. The first kappa shape index (κ1) is 13.2. The van der Waals surface area contributed by atoms with Gasteiger partial charge in [0.25, 0.3) is 0 Å². The topological polar surface area (TPSA) is 29.9 Å². The van der Waals surface area contributed by atoms with Gasteiger partial charge < -0.3 is 9.88 Å². The molecule has 0 aliphatic heterocycles. The van der Waals surface area contributed by atoms with Crippen LogP contribution in [0.15, 0.2) is 22.1 Å². The van der Waals surface area contributed by atoms with Gasteiger partial charge in [0.1, 0.15) is 0 Å². The highest BCUT2D eigenvalue weighted by Crippen LogP contribution is 2.32. The number of halogens is 1. The molecule has 1 saturated carbocycles. The Morgan fingerprint density at radius 2 is 2.26 bits per heavy atom. The minimum absolute atomic E-state index is 0.635. The Kier molecular flexibility index (Phi) is 3.93. The van der Waals surface area contributed by atoms with Crippen molar-refractivity contribution in [2.24, 2.45) is 0 Å². The summed E-state index contributed by atoms with van der Waals surface area (Å²) in [6.45, 7) is 2.90. The van der Waals surface area contributed by atoms with Crippen molar-refractivity contribution in [2.75, 3.05) is 5.32 Å². The molecule has 0 radical (unpaired) electrons. The van der Waals surface area contributed by atoms with Crippen molar-refractivity contribution in [1.82, 2.24) is 9.55 Å². The molecule has 5 heteroatoms. The predicted molar refractivity (Wildman–Crippen MR) is 83.8 cm³/mol. The van der Waals surface area contributed by atoms with E-state index in [1.54, 1.807) is 11.3 Å². The number of anilines is 1. The number of hydrogen-bond donors (Lipinski definition) is 1. The second-order valence-corrected chi connectivity index (χ2v) is 6.95. The first-order valence-corrected chi connectivity index (χ1v) is 8.42. The number of imidazole rings is 1. The molecule has 1 aliphatic rings. The minimum Gasteiger partial charge on any atom is -0.351 e. The molecule has 1 fully saturated rings. The maximum Gasteiger partial charge on any atom is 0.203 e. The first-order valence-electron chi connectivity index (χ1n) is 6.75. The first-order chi connectivity index (χ1) is 9.24. The average molecular weight is 340 g/mol. The van der Waals surface area contributed by atoms with Gasteiger partial charge in [0, 0.05) is 21.6 Å². The zero-order valence-electron chi connectivity index (χ0n) is 11.0. The van der Waals surface area contributed by atoms with E-state index in [2.05, 4.69) is 55.4 Å². The molecule has 2 aromatic heterocycles. The third kappa shape index (κ3) is 2.87. The number of nitrogens with one attached hydrogen (secondary N) is 1. The second kappa shape index (κ2) is 5.67. The lowest BCUT2D eigenvalue weighted by Crippen LogP contribution is -2.10. The molecule has 0 bridgehead atoms. The van der Waals surface area contributed by atoms with Crippen LogP contribution in [-0.4, -0.2) is 9.55 Å². The number of hydrogen-bond acceptors (Lipinski definition) is 3. The maximum atomic E-state index is 4.63. The predicted octanol–water partition coefficient (Wildman–Crippen LogP) is 4.74. The molecule has 0 atom stereocenters. The van der Waals surface area contributed by atoms with Gasteiger partial charge in [0.2, 0.25) is 5.95 Å². The van der Waals surface area contributed by atoms with Crippen molar-refractivity contribution in [2.45, 2.75) is 45.2 Å². The molecular formula is C14H18BrN3S. The minimum atomic E-state index is 0.635. The molecule has 0 aromatic carbocycles. The van der Waals surface area contributed by atoms with Crippen molar-refractivity contribution >= 4 is 33.2 Å². The molecule has 102 valence electrons. The number of aromatic nitrogens is 2. The summed E-state index contributed by atoms with van der Waals surface area (Å²) >= 11 is 5.34. The fourth-order valence-corrected chi connectivity index (χ4v) is 4.15. The van der Waals surface area contributed by atoms with E-state index in [0.29, 0.717) is 6.04 Å². The van der Waals surface area contributed by atoms with Crippen LogP contribution in [0.3, 0.4) is 0 Å². The smallest absolute Gasteiger partial charge is 0.203 e. The van der Waals surface area contributed by atoms with E-state index in [1.807, 2.05) is 0 Å². The van der Waals surface area contributed by atoms with Crippen molar-refractivity contribution in [3.63, 3.8) is 0 Å². The molecule has 0 amide bonds. The lowest BCUT2D eigenvalue weighted by Gasteiger charge is -2.15. The van der Waals surface area contributed by atoms with E-state index in [-0.39, 0.29) is 0 Å². The van der Waals surface area contributed by atoms with Crippen molar-refractivity contribution in [1.29, 1.82) is 0 Å². The Morgan fingerprint density at radius 3 is 2.95 bits per heavy atom. The highest BCUT2D eigenvalue weighted by molar-refractivity contribution is 9.10. The number of rotatable bonds is 4. The van der Waals surface area contributed by atoms with Crippen LogP contribution < -0.4 is 5.32 Å². The second-order valence-electron chi connectivity index (χ2n) is 5.10. The molecule has 2 heterocycles. The molecule has 3 rings (SSSR count). The number of thiophene rings is 1. The zero-order chi connectivity index (χ0) is 13.2. The summed E-state index contributed by atoms with van der Waals surface area (Å²) in [5.74, 6) is 1.02. The SMILES string of the molecule is Cc1cn(C2CCCC2)c(NCc2sccc2Br)n1. The van der Waals surface area contributed by atoms with Crippen LogP contribution >= 0.6 is 27.3 Å². The fourth-order valence-electron chi connectivity index (χ4n) is 2.72. The molecule has 19 heavy (non-hydrogen) atoms. The largest absolute Gasteiger partial charge is 0.351 e. The van der Waals surface area contributed by atoms with E-state index in [1.165, 1.54) is 35.0 Å². The van der Waals surface area contributed by atoms with E-state index >= 15 is 0 Å². The van der Waals surface area contributed by atoms with Crippen LogP contribution in [0.1, 0.15) is 42.3 Å². The molecule has 1 N–H and O–H groups in total. The summed E-state index contributed by atoms with van der Waals surface area (Å²) in [6, 6.07) is 2.73. The summed E-state index contributed by atoms with van der Waals surface area (Å²) in [5, 5.41) is 5.59. The average Bonchev–Trinajstić information content (AvgIpc) is 3.07. The van der Waals surface area contributed by atoms with Gasteiger partial charge in [0.05, 0.1) is 12.2 Å². The van der Waals surface area contributed by atoms with Crippen LogP contribution in [0.5, 0.6) is 0 Å². The van der Waals surface area contributed by atoms with Crippen molar-refractivity contribution in [3.8, 4) is 0 Å². The third-order valence-electron chi connectivity index (χ3n) is 3.67. The Labute approximate surface area is 126 Å². The van der Waals surface area contributed by atoms with Gasteiger partial charge in [-0.3, -0.25) is 0 Å². The molecule has 0 saturated heterocycles. The van der Waals surface area contributed by atoms with Gasteiger partial charge >= 0.3 is 0 Å². The van der Waals surface area contributed by atoms with Gasteiger partial charge in [-0.25, -0.2) is 4.98 Å². The Balaban J connectivity index is 1.75. The van der Waals surface area contributed by atoms with Crippen LogP contribution in [0.2, 0.25) is 0 Å². The van der Waals surface area contributed by atoms with Gasteiger partial charge in [-0.1, -0.05) is 12.8 Å². The summed E-state index contributed by atoms with van der Waals surface area (Å²) in [5.41, 5.74) is 1.10. The fraction of sp³-hybridized carbons (Fsp3) is 0.500. The van der Waals surface area contributed by atoms with Crippen LogP contribution in [0.25, 0.3) is 0 Å². The molecular weight excluding hydrogens is 322 g/mol. The van der Waals surface area contributed by atoms with E-state index in [0.717, 1.165) is 18.2 Å². The molecule has 3 nitrogen and oxygen atoms in total. The van der Waals surface area contributed by atoms with Gasteiger partial charge in [-0.2, -0.15) is 0 Å². The molecule has 1 aliphatic carbocycles. The highest BCUT2D eigenvalue weighted by atomic mass is 79.9. The highest BCUT2D eigenvalue weighted by Gasteiger charge is 2.20. The van der Waals surface area contributed by atoms with E-state index < -0.39 is 0 Å². The summed E-state index contributed by atoms with van der Waals surface area (Å²) in [7, 11) is 0. The molecule has 0 unspecified atom stereocenters. The lowest BCUT2D eigenvalue weighted by atomic mass is 10.2. The number of aryl methyl sites for hydroxylation is 1. The van der Waals surface area contributed by atoms with Crippen molar-refractivity contribution < 1.29 is 0 Å². The number of nitrogens with zero attached hydrogens (tertiary/aromatic N) is 2. The lowest BCUT2D eigenvalue weighted by molar-refractivity contribution is 0.522. The normalized spacial score (nSPS) is 16.1. The van der Waals surface area contributed by atoms with Gasteiger partial charge in [-0.05, 0) is 47.1 Å². The quantitative estimate of drug-likeness (QED) is 0.871. The van der Waals surface area contributed by atoms with Crippen LogP contribution in [0, 0.1) is 6.92 Å².